The first kappa shape index (κ1) is 18.2. The number of aryl methyl sites for hydroxylation is 1. The van der Waals surface area contributed by atoms with Crippen LogP contribution in [0.5, 0.6) is 5.75 Å². The molecule has 7 heteroatoms. The Bertz CT molecular complexity index is 832. The predicted molar refractivity (Wildman–Crippen MR) is 99.6 cm³/mol. The van der Waals surface area contributed by atoms with Gasteiger partial charge in [-0.15, -0.1) is 0 Å². The average Bonchev–Trinajstić information content (AvgIpc) is 2.98. The van der Waals surface area contributed by atoms with Gasteiger partial charge >= 0.3 is 0 Å². The molecule has 1 aliphatic heterocycles. The number of carbonyl (C=O) groups is 2. The van der Waals surface area contributed by atoms with Crippen molar-refractivity contribution < 1.29 is 19.4 Å². The van der Waals surface area contributed by atoms with Gasteiger partial charge < -0.3 is 9.84 Å². The van der Waals surface area contributed by atoms with E-state index in [1.165, 1.54) is 0 Å². The zero-order valence-electron chi connectivity index (χ0n) is 14.1. The van der Waals surface area contributed by atoms with Crippen LogP contribution in [-0.4, -0.2) is 27.8 Å². The zero-order chi connectivity index (χ0) is 18.5. The molecule has 0 aliphatic carbocycles. The highest BCUT2D eigenvalue weighted by Crippen LogP contribution is 2.26. The first-order valence-corrected chi connectivity index (χ1v) is 8.97. The van der Waals surface area contributed by atoms with Crippen molar-refractivity contribution in [3.8, 4) is 5.75 Å². The van der Waals surface area contributed by atoms with Gasteiger partial charge in [-0.25, -0.2) is 0 Å². The second kappa shape index (κ2) is 8.16. The van der Waals surface area contributed by atoms with Crippen LogP contribution >= 0.6 is 11.8 Å². The fraction of sp³-hybridized carbons (Fsp3) is 0.211. The lowest BCUT2D eigenvalue weighted by molar-refractivity contribution is -0.115. The van der Waals surface area contributed by atoms with Crippen LogP contribution in [0.1, 0.15) is 29.8 Å². The van der Waals surface area contributed by atoms with E-state index in [2.05, 4.69) is 10.3 Å². The summed E-state index contributed by atoms with van der Waals surface area (Å²) in [4.78, 5) is 27.3. The van der Waals surface area contributed by atoms with Crippen molar-refractivity contribution in [3.05, 3.63) is 64.3 Å². The van der Waals surface area contributed by atoms with Crippen molar-refractivity contribution in [3.63, 3.8) is 0 Å². The SMILES string of the molecule is CCc1ccc(C(O)COc2ccc(/C=C3/SC(=O)NC3=O)cc2)nc1. The average molecular weight is 370 g/mol. The van der Waals surface area contributed by atoms with Crippen LogP contribution in [0.2, 0.25) is 0 Å². The number of pyridine rings is 1. The number of hydrogen-bond donors (Lipinski definition) is 2. The van der Waals surface area contributed by atoms with Crippen LogP contribution < -0.4 is 10.1 Å². The highest BCUT2D eigenvalue weighted by atomic mass is 32.2. The molecule has 134 valence electrons. The van der Waals surface area contributed by atoms with Gasteiger partial charge in [-0.1, -0.05) is 25.1 Å². The molecule has 1 aliphatic rings. The smallest absolute Gasteiger partial charge is 0.290 e. The molecule has 6 nitrogen and oxygen atoms in total. The van der Waals surface area contributed by atoms with E-state index in [1.54, 1.807) is 42.6 Å². The van der Waals surface area contributed by atoms with E-state index in [1.807, 2.05) is 13.0 Å². The first-order valence-electron chi connectivity index (χ1n) is 8.15. The molecular weight excluding hydrogens is 352 g/mol. The first-order chi connectivity index (χ1) is 12.5. The van der Waals surface area contributed by atoms with E-state index >= 15 is 0 Å². The third kappa shape index (κ3) is 4.50. The number of nitrogens with zero attached hydrogens (tertiary/aromatic N) is 1. The summed E-state index contributed by atoms with van der Waals surface area (Å²) in [5.74, 6) is 0.209. The number of rotatable bonds is 6. The Morgan fingerprint density at radius 2 is 2.00 bits per heavy atom. The fourth-order valence-electron chi connectivity index (χ4n) is 2.34. The number of aliphatic hydroxyl groups excluding tert-OH is 1. The molecule has 0 spiro atoms. The summed E-state index contributed by atoms with van der Waals surface area (Å²) < 4.78 is 5.59. The van der Waals surface area contributed by atoms with Crippen molar-refractivity contribution in [1.29, 1.82) is 0 Å². The van der Waals surface area contributed by atoms with Gasteiger partial charge in [0.1, 0.15) is 18.5 Å². The highest BCUT2D eigenvalue weighted by molar-refractivity contribution is 8.18. The standard InChI is InChI=1S/C19H18N2O4S/c1-2-12-5-8-15(20-10-12)16(22)11-25-14-6-3-13(4-7-14)9-17-18(23)21-19(24)26-17/h3-10,16,22H,2,11H2,1H3,(H,21,23,24)/b17-9+. The number of benzene rings is 1. The van der Waals surface area contributed by atoms with Gasteiger partial charge in [0.2, 0.25) is 0 Å². The maximum absolute atomic E-state index is 11.5. The number of imide groups is 1. The lowest BCUT2D eigenvalue weighted by Crippen LogP contribution is -2.17. The Balaban J connectivity index is 1.58. The minimum Gasteiger partial charge on any atom is -0.490 e. The molecule has 1 atom stereocenters. The number of amides is 2. The van der Waals surface area contributed by atoms with Crippen molar-refractivity contribution >= 4 is 29.0 Å². The largest absolute Gasteiger partial charge is 0.490 e. The molecule has 1 fully saturated rings. The Kier molecular flexibility index (Phi) is 5.70. The molecule has 2 N–H and O–H groups in total. The normalized spacial score (nSPS) is 16.6. The van der Waals surface area contributed by atoms with E-state index < -0.39 is 6.10 Å². The van der Waals surface area contributed by atoms with E-state index in [9.17, 15) is 14.7 Å². The van der Waals surface area contributed by atoms with Crippen LogP contribution in [0, 0.1) is 0 Å². The van der Waals surface area contributed by atoms with Gasteiger partial charge in [0.25, 0.3) is 11.1 Å². The molecule has 0 radical (unpaired) electrons. The summed E-state index contributed by atoms with van der Waals surface area (Å²) in [5.41, 5.74) is 2.46. The lowest BCUT2D eigenvalue weighted by Gasteiger charge is -2.12. The van der Waals surface area contributed by atoms with Gasteiger partial charge in [0, 0.05) is 6.20 Å². The molecule has 0 saturated carbocycles. The number of ether oxygens (including phenoxy) is 1. The molecule has 1 aromatic carbocycles. The zero-order valence-corrected chi connectivity index (χ0v) is 15.0. The number of aliphatic hydroxyl groups is 1. The van der Waals surface area contributed by atoms with E-state index in [0.717, 1.165) is 29.3 Å². The second-order valence-corrected chi connectivity index (χ2v) is 6.71. The predicted octanol–water partition coefficient (Wildman–Crippen LogP) is 3.08. The topological polar surface area (TPSA) is 88.5 Å². The Morgan fingerprint density at radius 3 is 2.58 bits per heavy atom. The van der Waals surface area contributed by atoms with Crippen LogP contribution in [0.3, 0.4) is 0 Å². The molecule has 2 aromatic rings. The van der Waals surface area contributed by atoms with E-state index in [4.69, 9.17) is 4.74 Å². The third-order valence-corrected chi connectivity index (χ3v) is 4.64. The van der Waals surface area contributed by atoms with Crippen LogP contribution in [-0.2, 0) is 11.2 Å². The molecule has 26 heavy (non-hydrogen) atoms. The minimum absolute atomic E-state index is 0.0890. The fourth-order valence-corrected chi connectivity index (χ4v) is 3.02. The maximum Gasteiger partial charge on any atom is 0.290 e. The monoisotopic (exact) mass is 370 g/mol. The van der Waals surface area contributed by atoms with Gasteiger partial charge in [-0.3, -0.25) is 19.9 Å². The van der Waals surface area contributed by atoms with Gasteiger partial charge in [0.05, 0.1) is 10.6 Å². The number of carbonyl (C=O) groups excluding carboxylic acids is 2. The van der Waals surface area contributed by atoms with E-state index in [0.29, 0.717) is 16.3 Å². The molecule has 2 heterocycles. The van der Waals surface area contributed by atoms with Crippen LogP contribution in [0.15, 0.2) is 47.5 Å². The van der Waals surface area contributed by atoms with Crippen molar-refractivity contribution in [2.24, 2.45) is 0 Å². The molecule has 3 rings (SSSR count). The van der Waals surface area contributed by atoms with Crippen molar-refractivity contribution in [2.45, 2.75) is 19.4 Å². The van der Waals surface area contributed by atoms with Crippen molar-refractivity contribution in [1.82, 2.24) is 10.3 Å². The summed E-state index contributed by atoms with van der Waals surface area (Å²) in [6.07, 6.45) is 3.48. The van der Waals surface area contributed by atoms with Crippen LogP contribution in [0.4, 0.5) is 4.79 Å². The minimum atomic E-state index is -0.813. The molecular formula is C19H18N2O4S. The highest BCUT2D eigenvalue weighted by Gasteiger charge is 2.24. The quantitative estimate of drug-likeness (QED) is 0.760. The number of aromatic nitrogens is 1. The summed E-state index contributed by atoms with van der Waals surface area (Å²) in [6, 6.07) is 10.8. The van der Waals surface area contributed by atoms with Gasteiger partial charge in [-0.05, 0) is 53.6 Å². The van der Waals surface area contributed by atoms with Gasteiger partial charge in [0.15, 0.2) is 0 Å². The summed E-state index contributed by atoms with van der Waals surface area (Å²) in [6.45, 7) is 2.14. The number of thioether (sulfide) groups is 1. The molecule has 2 amide bonds. The van der Waals surface area contributed by atoms with Crippen LogP contribution in [0.25, 0.3) is 6.08 Å². The van der Waals surface area contributed by atoms with Crippen molar-refractivity contribution in [2.75, 3.05) is 6.61 Å². The molecule has 1 unspecified atom stereocenters. The molecule has 0 bridgehead atoms. The van der Waals surface area contributed by atoms with Gasteiger partial charge in [-0.2, -0.15) is 0 Å². The number of hydrogen-bond acceptors (Lipinski definition) is 6. The Morgan fingerprint density at radius 1 is 1.23 bits per heavy atom. The lowest BCUT2D eigenvalue weighted by atomic mass is 10.1. The Hall–Kier alpha value is -2.64. The Labute approximate surface area is 155 Å². The molecule has 1 saturated heterocycles. The second-order valence-electron chi connectivity index (χ2n) is 5.69. The number of nitrogens with one attached hydrogen (secondary N) is 1. The van der Waals surface area contributed by atoms with E-state index in [-0.39, 0.29) is 17.8 Å². The maximum atomic E-state index is 11.5. The third-order valence-electron chi connectivity index (χ3n) is 3.83. The summed E-state index contributed by atoms with van der Waals surface area (Å²) in [5, 5.41) is 12.0. The molecule has 1 aromatic heterocycles. The summed E-state index contributed by atoms with van der Waals surface area (Å²) >= 11 is 0.877. The summed E-state index contributed by atoms with van der Waals surface area (Å²) in [7, 11) is 0.